The first-order chi connectivity index (χ1) is 25.4. The first-order valence-electron chi connectivity index (χ1n) is 17.5. The predicted molar refractivity (Wildman–Crippen MR) is 214 cm³/mol. The third kappa shape index (κ3) is 6.82. The summed E-state index contributed by atoms with van der Waals surface area (Å²) in [7, 11) is 0. The molecule has 4 heterocycles. The molecule has 0 N–H and O–H groups in total. The number of hydrogen-bond acceptors (Lipinski definition) is 4. The van der Waals surface area contributed by atoms with Crippen LogP contribution in [0, 0.1) is 46.8 Å². The van der Waals surface area contributed by atoms with Gasteiger partial charge in [0.2, 0.25) is 0 Å². The van der Waals surface area contributed by atoms with Crippen LogP contribution >= 0.6 is 0 Å². The normalized spacial score (nSPS) is 11.0. The first-order valence-corrected chi connectivity index (χ1v) is 17.5. The third-order valence-corrected chi connectivity index (χ3v) is 9.87. The van der Waals surface area contributed by atoms with E-state index in [9.17, 15) is 0 Å². The molecule has 0 atom stereocenters. The van der Waals surface area contributed by atoms with E-state index in [1.54, 1.807) is 6.20 Å². The summed E-state index contributed by atoms with van der Waals surface area (Å²) < 4.78 is 6.66. The molecule has 5 aromatic carbocycles. The van der Waals surface area contributed by atoms with Crippen LogP contribution in [0.4, 0.5) is 0 Å². The summed E-state index contributed by atoms with van der Waals surface area (Å²) in [5.41, 5.74) is 16.3. The van der Waals surface area contributed by atoms with Crippen molar-refractivity contribution < 1.29 is 24.5 Å². The number of fused-ring (bicyclic) bond motifs is 4. The number of aromatic nitrogens is 3. The van der Waals surface area contributed by atoms with E-state index in [1.165, 1.54) is 49.9 Å². The number of benzene rings is 5. The molecule has 9 rings (SSSR count). The number of rotatable bonds is 4. The maximum Gasteiger partial charge on any atom is 0.129 e. The molecule has 0 bridgehead atoms. The zero-order valence-electron chi connectivity index (χ0n) is 30.3. The van der Waals surface area contributed by atoms with E-state index in [2.05, 4.69) is 134 Å². The molecule has 261 valence electrons. The third-order valence-electron chi connectivity index (χ3n) is 9.87. The van der Waals surface area contributed by atoms with Gasteiger partial charge in [-0.3, -0.25) is 4.98 Å². The summed E-state index contributed by atoms with van der Waals surface area (Å²) in [6.07, 6.45) is 7.54. The minimum atomic E-state index is 0. The van der Waals surface area contributed by atoms with Crippen LogP contribution in [0.1, 0.15) is 27.8 Å². The number of pyridine rings is 3. The minimum Gasteiger partial charge on any atom is -0.500 e. The van der Waals surface area contributed by atoms with Crippen molar-refractivity contribution in [2.75, 3.05) is 0 Å². The van der Waals surface area contributed by atoms with Crippen molar-refractivity contribution in [1.82, 2.24) is 15.0 Å². The Bertz CT molecular complexity index is 2720. The topological polar surface area (TPSA) is 51.8 Å². The number of furan rings is 1. The van der Waals surface area contributed by atoms with Gasteiger partial charge in [-0.15, -0.1) is 53.6 Å². The molecule has 0 aliphatic heterocycles. The van der Waals surface area contributed by atoms with E-state index in [0.29, 0.717) is 0 Å². The number of hydrogen-bond donors (Lipinski definition) is 0. The van der Waals surface area contributed by atoms with Gasteiger partial charge in [0.25, 0.3) is 0 Å². The summed E-state index contributed by atoms with van der Waals surface area (Å²) in [4.78, 5) is 13.5. The quantitative estimate of drug-likeness (QED) is 0.165. The van der Waals surface area contributed by atoms with E-state index >= 15 is 0 Å². The van der Waals surface area contributed by atoms with Gasteiger partial charge in [0.1, 0.15) is 5.58 Å². The van der Waals surface area contributed by atoms with Gasteiger partial charge < -0.3 is 14.4 Å². The van der Waals surface area contributed by atoms with Crippen LogP contribution in [-0.2, 0) is 20.1 Å². The Kier molecular flexibility index (Phi) is 10.1. The molecular formula is C48H37IrN3O-2. The van der Waals surface area contributed by atoms with Crippen LogP contribution in [0.3, 0.4) is 0 Å². The van der Waals surface area contributed by atoms with Crippen molar-refractivity contribution in [3.8, 4) is 44.8 Å². The monoisotopic (exact) mass is 864 g/mol. The van der Waals surface area contributed by atoms with Crippen LogP contribution in [-0.4, -0.2) is 15.0 Å². The fourth-order valence-corrected chi connectivity index (χ4v) is 7.00. The van der Waals surface area contributed by atoms with Gasteiger partial charge in [-0.1, -0.05) is 84.6 Å². The van der Waals surface area contributed by atoms with Gasteiger partial charge in [-0.05, 0) is 95.5 Å². The molecule has 5 heteroatoms. The van der Waals surface area contributed by atoms with Crippen molar-refractivity contribution in [3.05, 3.63) is 174 Å². The Morgan fingerprint density at radius 2 is 1.43 bits per heavy atom. The zero-order chi connectivity index (χ0) is 35.8. The smallest absolute Gasteiger partial charge is 0.129 e. The SMILES string of the molecule is Cc1c[c-]c(-c2cc(-c3ccccc3)c(C)cn2)cc1.Cc1cc2ccncc2c(-c2ccc(C)c3c2oc2c(-c4ccccn4)[c-]ccc23)c1C.[Ir]. The molecule has 0 fully saturated rings. The molecule has 1 radical (unpaired) electrons. The Morgan fingerprint density at radius 1 is 0.604 bits per heavy atom. The number of nitrogens with zero attached hydrogens (tertiary/aromatic N) is 3. The average molecular weight is 864 g/mol. The fraction of sp³-hybridized carbons (Fsp3) is 0.104. The molecule has 0 spiro atoms. The Balaban J connectivity index is 0.000000179. The molecule has 0 aliphatic carbocycles. The Morgan fingerprint density at radius 3 is 2.21 bits per heavy atom. The van der Waals surface area contributed by atoms with Crippen LogP contribution in [0.2, 0.25) is 0 Å². The summed E-state index contributed by atoms with van der Waals surface area (Å²) in [5, 5.41) is 4.55. The van der Waals surface area contributed by atoms with Crippen LogP contribution in [0.15, 0.2) is 138 Å². The van der Waals surface area contributed by atoms with Gasteiger partial charge in [-0.25, -0.2) is 0 Å². The molecule has 9 aromatic rings. The summed E-state index contributed by atoms with van der Waals surface area (Å²) in [6, 6.07) is 44.0. The molecule has 4 nitrogen and oxygen atoms in total. The van der Waals surface area contributed by atoms with Crippen molar-refractivity contribution in [2.45, 2.75) is 34.6 Å². The van der Waals surface area contributed by atoms with Crippen molar-refractivity contribution >= 4 is 32.7 Å². The Labute approximate surface area is 324 Å². The first kappa shape index (κ1) is 35.7. The van der Waals surface area contributed by atoms with Crippen LogP contribution in [0.5, 0.6) is 0 Å². The molecule has 53 heavy (non-hydrogen) atoms. The minimum absolute atomic E-state index is 0. The average Bonchev–Trinajstić information content (AvgIpc) is 3.58. The van der Waals surface area contributed by atoms with Gasteiger partial charge >= 0.3 is 0 Å². The molecular weight excluding hydrogens is 827 g/mol. The maximum absolute atomic E-state index is 6.66. The van der Waals surface area contributed by atoms with Crippen molar-refractivity contribution in [2.24, 2.45) is 0 Å². The second-order valence-electron chi connectivity index (χ2n) is 13.4. The molecule has 0 saturated heterocycles. The van der Waals surface area contributed by atoms with Crippen molar-refractivity contribution in [3.63, 3.8) is 0 Å². The number of aryl methyl sites for hydroxylation is 4. The van der Waals surface area contributed by atoms with Gasteiger partial charge in [0, 0.05) is 61.2 Å². The van der Waals surface area contributed by atoms with Crippen LogP contribution < -0.4 is 0 Å². The Hall–Kier alpha value is -5.74. The van der Waals surface area contributed by atoms with E-state index in [0.717, 1.165) is 55.4 Å². The van der Waals surface area contributed by atoms with Gasteiger partial charge in [0.15, 0.2) is 0 Å². The molecule has 4 aromatic heterocycles. The fourth-order valence-electron chi connectivity index (χ4n) is 7.00. The van der Waals surface area contributed by atoms with E-state index in [1.807, 2.05) is 55.0 Å². The van der Waals surface area contributed by atoms with Gasteiger partial charge in [-0.2, -0.15) is 0 Å². The maximum atomic E-state index is 6.66. The van der Waals surface area contributed by atoms with Crippen molar-refractivity contribution in [1.29, 1.82) is 0 Å². The van der Waals surface area contributed by atoms with Crippen LogP contribution in [0.25, 0.3) is 77.5 Å². The molecule has 0 amide bonds. The summed E-state index contributed by atoms with van der Waals surface area (Å²) in [6.45, 7) is 10.6. The predicted octanol–water partition coefficient (Wildman–Crippen LogP) is 12.4. The van der Waals surface area contributed by atoms with E-state index in [4.69, 9.17) is 4.42 Å². The molecule has 0 saturated carbocycles. The second kappa shape index (κ2) is 15.1. The molecule has 0 aliphatic rings. The summed E-state index contributed by atoms with van der Waals surface area (Å²) >= 11 is 0. The summed E-state index contributed by atoms with van der Waals surface area (Å²) in [5.74, 6) is 0. The van der Waals surface area contributed by atoms with Gasteiger partial charge in [0.05, 0.1) is 5.58 Å². The molecule has 0 unspecified atom stereocenters. The zero-order valence-corrected chi connectivity index (χ0v) is 32.7. The van der Waals surface area contributed by atoms with E-state index < -0.39 is 0 Å². The van der Waals surface area contributed by atoms with E-state index in [-0.39, 0.29) is 20.1 Å². The second-order valence-corrected chi connectivity index (χ2v) is 13.4. The largest absolute Gasteiger partial charge is 0.500 e. The standard InChI is InChI=1S/C29H21N2O.C19H16N.Ir/c1-17-10-11-23(27-19(3)18(2)15-20-12-14-30-16-24(20)27)29-26(17)22-8-6-7-21(28(22)32-29)25-9-4-5-13-31-25;1-14-8-10-17(11-9-14)19-12-18(15(2)13-20-19)16-6-4-3-5-7-16;/h4-6,8-16H,1-3H3;3-10,12-13H,1-2H3;/q2*-1;.